The lowest BCUT2D eigenvalue weighted by molar-refractivity contribution is 0.0363. The van der Waals surface area contributed by atoms with E-state index in [2.05, 4.69) is 4.74 Å². The van der Waals surface area contributed by atoms with Crippen LogP contribution < -0.4 is 5.73 Å². The first kappa shape index (κ1) is 16.3. The molecule has 0 bridgehead atoms. The largest absolute Gasteiger partial charge is 0.444 e. The van der Waals surface area contributed by atoms with E-state index < -0.39 is 18.3 Å². The van der Waals surface area contributed by atoms with E-state index >= 15 is 0 Å². The number of ether oxygens (including phenoxy) is 1. The summed E-state index contributed by atoms with van der Waals surface area (Å²) in [6.07, 6.45) is -0.489. The van der Waals surface area contributed by atoms with Gasteiger partial charge in [0.2, 0.25) is 0 Å². The Kier molecular flexibility index (Phi) is 7.27. The number of allylic oxidation sites excluding steroid dienone is 2. The molecule has 0 radical (unpaired) electrons. The molecule has 0 spiro atoms. The quantitative estimate of drug-likeness (QED) is 0.761. The van der Waals surface area contributed by atoms with Crippen LogP contribution in [0, 0.1) is 0 Å². The molecule has 0 aromatic heterocycles. The number of nitrogens with two attached hydrogens (primary N) is 1. The van der Waals surface area contributed by atoms with E-state index in [1.807, 2.05) is 6.92 Å². The third-order valence-electron chi connectivity index (χ3n) is 2.05. The lowest BCUT2D eigenvalue weighted by Gasteiger charge is -2.21. The minimum Gasteiger partial charge on any atom is -0.444 e. The zero-order chi connectivity index (χ0) is 13.6. The van der Waals surface area contributed by atoms with Crippen LogP contribution in [0.2, 0.25) is 0 Å². The summed E-state index contributed by atoms with van der Waals surface area (Å²) in [5.41, 5.74) is 5.21. The molecule has 6 heteroatoms. The van der Waals surface area contributed by atoms with Crippen molar-refractivity contribution < 1.29 is 14.6 Å². The topological polar surface area (TPSA) is 72.6 Å². The minimum atomic E-state index is -1.12. The van der Waals surface area contributed by atoms with Crippen molar-refractivity contribution in [3.05, 3.63) is 21.7 Å². The average Bonchev–Trinajstić information content (AvgIpc) is 2.16. The summed E-state index contributed by atoms with van der Waals surface area (Å²) in [5.74, 6) is 0. The molecule has 2 atom stereocenters. The molecule has 98 valence electrons. The maximum Gasteiger partial charge on any atom is 0.404 e. The standard InChI is InChI=1S/C11H17Cl2NO3/c1-4-5-8(13)9(6(2)12)10(15)7(3)17-11(14)16/h5,7,10,15H,4H2,1-3H3,(H2,14,16). The van der Waals surface area contributed by atoms with E-state index in [9.17, 15) is 9.90 Å². The van der Waals surface area contributed by atoms with Gasteiger partial charge in [-0.3, -0.25) is 0 Å². The van der Waals surface area contributed by atoms with Crippen molar-refractivity contribution in [3.63, 3.8) is 0 Å². The van der Waals surface area contributed by atoms with Crippen molar-refractivity contribution in [1.82, 2.24) is 0 Å². The van der Waals surface area contributed by atoms with Crippen LogP contribution in [-0.4, -0.2) is 23.4 Å². The Labute approximate surface area is 111 Å². The Morgan fingerprint density at radius 3 is 2.41 bits per heavy atom. The maximum absolute atomic E-state index is 10.6. The summed E-state index contributed by atoms with van der Waals surface area (Å²) in [6, 6.07) is 0. The van der Waals surface area contributed by atoms with Gasteiger partial charge in [0.1, 0.15) is 12.2 Å². The number of halogens is 2. The predicted molar refractivity (Wildman–Crippen MR) is 68.9 cm³/mol. The Balaban J connectivity index is 5.05. The summed E-state index contributed by atoms with van der Waals surface area (Å²) in [6.45, 7) is 5.01. The number of carbonyl (C=O) groups is 1. The van der Waals surface area contributed by atoms with Crippen LogP contribution in [0.4, 0.5) is 4.79 Å². The number of aliphatic hydroxyl groups is 1. The highest BCUT2D eigenvalue weighted by atomic mass is 35.5. The third-order valence-corrected chi connectivity index (χ3v) is 2.62. The summed E-state index contributed by atoms with van der Waals surface area (Å²) >= 11 is 11.9. The van der Waals surface area contributed by atoms with Gasteiger partial charge in [-0.05, 0) is 20.3 Å². The highest BCUT2D eigenvalue weighted by Gasteiger charge is 2.25. The Hall–Kier alpha value is -0.710. The van der Waals surface area contributed by atoms with Crippen LogP contribution in [0.1, 0.15) is 27.2 Å². The molecular formula is C11H17Cl2NO3. The number of carbonyl (C=O) groups excluding carboxylic acids is 1. The smallest absolute Gasteiger partial charge is 0.404 e. The second kappa shape index (κ2) is 7.58. The first-order chi connectivity index (χ1) is 7.81. The summed E-state index contributed by atoms with van der Waals surface area (Å²) in [4.78, 5) is 10.6. The minimum absolute atomic E-state index is 0.337. The van der Waals surface area contributed by atoms with Gasteiger partial charge in [0.15, 0.2) is 0 Å². The molecule has 0 aliphatic carbocycles. The van der Waals surface area contributed by atoms with Crippen LogP contribution in [0.15, 0.2) is 21.7 Å². The lowest BCUT2D eigenvalue weighted by Crippen LogP contribution is -2.32. The van der Waals surface area contributed by atoms with Gasteiger partial charge in [0.25, 0.3) is 0 Å². The lowest BCUT2D eigenvalue weighted by atomic mass is 10.0. The first-order valence-electron chi connectivity index (χ1n) is 5.17. The number of rotatable bonds is 5. The molecule has 2 unspecified atom stereocenters. The summed E-state index contributed by atoms with van der Waals surface area (Å²) < 4.78 is 4.68. The molecule has 0 aromatic rings. The van der Waals surface area contributed by atoms with Gasteiger partial charge in [-0.25, -0.2) is 4.79 Å². The van der Waals surface area contributed by atoms with Gasteiger partial charge in [0, 0.05) is 15.6 Å². The third kappa shape index (κ3) is 5.44. The highest BCUT2D eigenvalue weighted by Crippen LogP contribution is 2.27. The SMILES string of the molecule is CCC=C(Cl)C(=C(C)Cl)C(O)C(C)OC(N)=O. The molecule has 0 fully saturated rings. The Bertz CT molecular complexity index is 336. The van der Waals surface area contributed by atoms with Crippen LogP contribution in [0.5, 0.6) is 0 Å². The van der Waals surface area contributed by atoms with Crippen molar-refractivity contribution in [2.75, 3.05) is 0 Å². The number of aliphatic hydroxyl groups excluding tert-OH is 1. The van der Waals surface area contributed by atoms with Gasteiger partial charge < -0.3 is 15.6 Å². The second-order valence-corrected chi connectivity index (χ2v) is 4.47. The molecule has 0 saturated heterocycles. The molecule has 17 heavy (non-hydrogen) atoms. The highest BCUT2D eigenvalue weighted by molar-refractivity contribution is 6.35. The monoisotopic (exact) mass is 281 g/mol. The van der Waals surface area contributed by atoms with Gasteiger partial charge in [-0.2, -0.15) is 0 Å². The van der Waals surface area contributed by atoms with E-state index in [4.69, 9.17) is 28.9 Å². The number of primary amides is 1. The van der Waals surface area contributed by atoms with Gasteiger partial charge in [-0.15, -0.1) is 0 Å². The summed E-state index contributed by atoms with van der Waals surface area (Å²) in [5, 5.41) is 10.7. The van der Waals surface area contributed by atoms with E-state index in [1.54, 1.807) is 13.0 Å². The second-order valence-electron chi connectivity index (χ2n) is 3.49. The number of hydrogen-bond donors (Lipinski definition) is 2. The Morgan fingerprint density at radius 1 is 1.53 bits per heavy atom. The van der Waals surface area contributed by atoms with E-state index in [1.165, 1.54) is 6.92 Å². The van der Waals surface area contributed by atoms with Gasteiger partial charge in [-0.1, -0.05) is 36.2 Å². The Morgan fingerprint density at radius 2 is 2.06 bits per heavy atom. The van der Waals surface area contributed by atoms with Crippen molar-refractivity contribution in [3.8, 4) is 0 Å². The number of amides is 1. The van der Waals surface area contributed by atoms with Crippen LogP contribution in [0.25, 0.3) is 0 Å². The normalized spacial score (nSPS) is 17.2. The molecule has 0 saturated carbocycles. The molecule has 1 amide bonds. The zero-order valence-electron chi connectivity index (χ0n) is 10.0. The van der Waals surface area contributed by atoms with Crippen molar-refractivity contribution in [2.45, 2.75) is 39.4 Å². The van der Waals surface area contributed by atoms with Crippen LogP contribution in [-0.2, 0) is 4.74 Å². The van der Waals surface area contributed by atoms with E-state index in [0.29, 0.717) is 22.1 Å². The molecule has 0 aromatic carbocycles. The van der Waals surface area contributed by atoms with Gasteiger partial charge in [0.05, 0.1) is 0 Å². The zero-order valence-corrected chi connectivity index (χ0v) is 11.5. The predicted octanol–water partition coefficient (Wildman–Crippen LogP) is 2.88. The number of hydrogen-bond acceptors (Lipinski definition) is 3. The van der Waals surface area contributed by atoms with Crippen molar-refractivity contribution in [2.24, 2.45) is 5.73 Å². The van der Waals surface area contributed by atoms with Crippen LogP contribution in [0.3, 0.4) is 0 Å². The molecule has 3 N–H and O–H groups in total. The van der Waals surface area contributed by atoms with Crippen molar-refractivity contribution in [1.29, 1.82) is 0 Å². The van der Waals surface area contributed by atoms with Gasteiger partial charge >= 0.3 is 6.09 Å². The molecule has 0 aliphatic heterocycles. The van der Waals surface area contributed by atoms with Crippen molar-refractivity contribution >= 4 is 29.3 Å². The summed E-state index contributed by atoms with van der Waals surface area (Å²) in [7, 11) is 0. The molecule has 0 rings (SSSR count). The average molecular weight is 282 g/mol. The molecular weight excluding hydrogens is 265 g/mol. The fourth-order valence-electron chi connectivity index (χ4n) is 1.28. The maximum atomic E-state index is 10.6. The molecule has 4 nitrogen and oxygen atoms in total. The first-order valence-corrected chi connectivity index (χ1v) is 5.93. The molecule has 0 aliphatic rings. The van der Waals surface area contributed by atoms with Crippen LogP contribution >= 0.6 is 23.2 Å². The van der Waals surface area contributed by atoms with E-state index in [-0.39, 0.29) is 0 Å². The fourth-order valence-corrected chi connectivity index (χ4v) is 1.95. The van der Waals surface area contributed by atoms with E-state index in [0.717, 1.165) is 0 Å². The fraction of sp³-hybridized carbons (Fsp3) is 0.545. The molecule has 0 heterocycles.